The van der Waals surface area contributed by atoms with E-state index in [0.717, 1.165) is 15.6 Å². The molecule has 0 saturated heterocycles. The van der Waals surface area contributed by atoms with Gasteiger partial charge in [0.25, 0.3) is 0 Å². The Morgan fingerprint density at radius 2 is 1.80 bits per heavy atom. The Balaban J connectivity index is 0.00000121. The molecule has 1 aromatic heterocycles. The summed E-state index contributed by atoms with van der Waals surface area (Å²) in [5.41, 5.74) is 2.25. The third kappa shape index (κ3) is 2.31. The fourth-order valence-corrected chi connectivity index (χ4v) is 3.99. The minimum absolute atomic E-state index is 0. The number of thioether (sulfide) groups is 1. The van der Waals surface area contributed by atoms with Crippen molar-refractivity contribution in [3.8, 4) is 0 Å². The molecule has 0 unspecified atom stereocenters. The Morgan fingerprint density at radius 3 is 2.65 bits per heavy atom. The zero-order valence-electron chi connectivity index (χ0n) is 10.5. The molecule has 2 heterocycles. The van der Waals surface area contributed by atoms with Crippen molar-refractivity contribution in [1.82, 2.24) is 4.98 Å². The Bertz CT molecular complexity index is 735. The highest BCUT2D eigenvalue weighted by molar-refractivity contribution is 8.03. The normalized spacial score (nSPS) is 14.9. The maximum atomic E-state index is 4.63. The van der Waals surface area contributed by atoms with Gasteiger partial charge in [-0.25, -0.2) is 4.98 Å². The molecule has 2 aromatic carbocycles. The zero-order chi connectivity index (χ0) is 12.7. The van der Waals surface area contributed by atoms with Crippen molar-refractivity contribution in [3.05, 3.63) is 58.6 Å². The largest absolute Gasteiger partial charge is 0.412 e. The smallest absolute Gasteiger partial charge is 0.119 e. The summed E-state index contributed by atoms with van der Waals surface area (Å²) in [6, 6.07) is 16.6. The number of nitrogens with zero attached hydrogens (tertiary/aromatic N) is 1. The molecule has 4 rings (SSSR count). The van der Waals surface area contributed by atoms with E-state index in [9.17, 15) is 0 Å². The Labute approximate surface area is 124 Å². The zero-order valence-corrected chi connectivity index (χ0v) is 12.1. The van der Waals surface area contributed by atoms with Crippen LogP contribution in [0.4, 0.5) is 5.69 Å². The molecule has 0 amide bonds. The van der Waals surface area contributed by atoms with Crippen LogP contribution < -0.4 is 5.32 Å². The van der Waals surface area contributed by atoms with E-state index in [0.29, 0.717) is 0 Å². The second kappa shape index (κ2) is 5.28. The number of fused-ring (bicyclic) bond motifs is 2. The van der Waals surface area contributed by atoms with E-state index in [1.54, 1.807) is 23.1 Å². The summed E-state index contributed by atoms with van der Waals surface area (Å²) in [4.78, 5) is 5.90. The highest BCUT2D eigenvalue weighted by Crippen LogP contribution is 2.41. The van der Waals surface area contributed by atoms with E-state index < -0.39 is 0 Å². The van der Waals surface area contributed by atoms with Gasteiger partial charge < -0.3 is 10.8 Å². The third-order valence-corrected chi connectivity index (χ3v) is 4.93. The van der Waals surface area contributed by atoms with E-state index in [4.69, 9.17) is 0 Å². The lowest BCUT2D eigenvalue weighted by atomic mass is 10.3. The maximum Gasteiger partial charge on any atom is 0.119 e. The van der Waals surface area contributed by atoms with E-state index in [1.807, 2.05) is 12.1 Å². The van der Waals surface area contributed by atoms with Gasteiger partial charge in [-0.05, 0) is 24.3 Å². The molecule has 5 heteroatoms. The van der Waals surface area contributed by atoms with Gasteiger partial charge >= 0.3 is 0 Å². The van der Waals surface area contributed by atoms with E-state index in [-0.39, 0.29) is 5.48 Å². The van der Waals surface area contributed by atoms with Crippen LogP contribution in [-0.4, -0.2) is 10.5 Å². The van der Waals surface area contributed by atoms with Crippen molar-refractivity contribution >= 4 is 45.1 Å². The van der Waals surface area contributed by atoms with Crippen LogP contribution in [0.1, 0.15) is 5.01 Å². The predicted molar refractivity (Wildman–Crippen MR) is 87.1 cm³/mol. The molecule has 0 radical (unpaired) electrons. The average Bonchev–Trinajstić information content (AvgIpc) is 3.00. The number of hydrogen-bond donors (Lipinski definition) is 1. The molecule has 100 valence electrons. The van der Waals surface area contributed by atoms with Crippen molar-refractivity contribution in [3.63, 3.8) is 0 Å². The molecular formula is C15H12N2OS2. The lowest BCUT2D eigenvalue weighted by Gasteiger charge is -1.95. The fraction of sp³-hybridized carbons (Fsp3) is 0. The van der Waals surface area contributed by atoms with Crippen LogP contribution in [0.2, 0.25) is 0 Å². The highest BCUT2D eigenvalue weighted by Gasteiger charge is 2.15. The Morgan fingerprint density at radius 1 is 1.00 bits per heavy atom. The van der Waals surface area contributed by atoms with Crippen molar-refractivity contribution < 1.29 is 5.48 Å². The molecule has 3 nitrogen and oxygen atoms in total. The first-order valence-corrected chi connectivity index (χ1v) is 7.63. The summed E-state index contributed by atoms with van der Waals surface area (Å²) in [7, 11) is 0. The summed E-state index contributed by atoms with van der Waals surface area (Å²) in [5.74, 6) is 0. The van der Waals surface area contributed by atoms with Gasteiger partial charge in [-0.2, -0.15) is 0 Å². The first-order valence-electron chi connectivity index (χ1n) is 6.00. The van der Waals surface area contributed by atoms with Gasteiger partial charge in [0.2, 0.25) is 0 Å². The minimum atomic E-state index is 0. The van der Waals surface area contributed by atoms with Gasteiger partial charge in [0.1, 0.15) is 5.01 Å². The standard InChI is InChI=1S/C15H10N2S2.H2O/c1-3-7-12-10(5-1)16-14(18-12)9-15-17-11-6-2-4-8-13(11)19-15;/h1-9,16H;1H2. The van der Waals surface area contributed by atoms with Crippen molar-refractivity contribution in [2.45, 2.75) is 4.90 Å². The second-order valence-electron chi connectivity index (χ2n) is 4.25. The van der Waals surface area contributed by atoms with Gasteiger partial charge in [-0.3, -0.25) is 0 Å². The molecule has 20 heavy (non-hydrogen) atoms. The van der Waals surface area contributed by atoms with Gasteiger partial charge in [0.05, 0.1) is 20.9 Å². The summed E-state index contributed by atoms with van der Waals surface area (Å²) in [6.07, 6.45) is 2.12. The third-order valence-electron chi connectivity index (χ3n) is 2.93. The quantitative estimate of drug-likeness (QED) is 0.739. The molecule has 3 aromatic rings. The highest BCUT2D eigenvalue weighted by atomic mass is 32.2. The Hall–Kier alpha value is -1.82. The molecule has 0 spiro atoms. The number of rotatable bonds is 1. The SMILES string of the molecule is C(=C1Nc2ccccc2S1)c1nc2ccccc2s1.O. The van der Waals surface area contributed by atoms with Crippen LogP contribution in [0.5, 0.6) is 0 Å². The fourth-order valence-electron chi connectivity index (χ4n) is 2.07. The van der Waals surface area contributed by atoms with Crippen molar-refractivity contribution in [2.75, 3.05) is 5.32 Å². The topological polar surface area (TPSA) is 56.4 Å². The van der Waals surface area contributed by atoms with E-state index in [1.165, 1.54) is 15.3 Å². The molecule has 0 atom stereocenters. The predicted octanol–water partition coefficient (Wildman–Crippen LogP) is 3.99. The van der Waals surface area contributed by atoms with Crippen LogP contribution in [0.15, 0.2) is 58.5 Å². The number of hydrogen-bond acceptors (Lipinski definition) is 4. The average molecular weight is 300 g/mol. The molecule has 1 aliphatic heterocycles. The van der Waals surface area contributed by atoms with Crippen LogP contribution >= 0.6 is 23.1 Å². The lowest BCUT2D eigenvalue weighted by molar-refractivity contribution is 0.824. The first kappa shape index (κ1) is 13.2. The number of benzene rings is 2. The summed E-state index contributed by atoms with van der Waals surface area (Å²) in [5, 5.41) is 5.60. The maximum absolute atomic E-state index is 4.63. The van der Waals surface area contributed by atoms with Gasteiger partial charge in [0, 0.05) is 11.0 Å². The first-order chi connectivity index (χ1) is 9.38. The summed E-state index contributed by atoms with van der Waals surface area (Å²) in [6.45, 7) is 0. The molecule has 1 aliphatic rings. The minimum Gasteiger partial charge on any atom is -0.412 e. The molecule has 0 bridgehead atoms. The van der Waals surface area contributed by atoms with Gasteiger partial charge in [-0.15, -0.1) is 11.3 Å². The summed E-state index contributed by atoms with van der Waals surface area (Å²) >= 11 is 3.48. The van der Waals surface area contributed by atoms with Crippen LogP contribution in [0.3, 0.4) is 0 Å². The number of thiazole rings is 1. The molecular weight excluding hydrogens is 288 g/mol. The number of para-hydroxylation sites is 2. The summed E-state index contributed by atoms with van der Waals surface area (Å²) < 4.78 is 1.23. The monoisotopic (exact) mass is 300 g/mol. The number of anilines is 1. The van der Waals surface area contributed by atoms with Gasteiger partial charge in [-0.1, -0.05) is 36.0 Å². The lowest BCUT2D eigenvalue weighted by Crippen LogP contribution is -1.87. The van der Waals surface area contributed by atoms with Crippen molar-refractivity contribution in [1.29, 1.82) is 0 Å². The van der Waals surface area contributed by atoms with Crippen LogP contribution in [-0.2, 0) is 0 Å². The Kier molecular flexibility index (Phi) is 3.48. The second-order valence-corrected chi connectivity index (χ2v) is 6.40. The number of nitrogens with one attached hydrogen (secondary N) is 1. The van der Waals surface area contributed by atoms with Crippen LogP contribution in [0.25, 0.3) is 16.3 Å². The number of aromatic nitrogens is 1. The molecule has 0 aliphatic carbocycles. The van der Waals surface area contributed by atoms with Gasteiger partial charge in [0.15, 0.2) is 0 Å². The van der Waals surface area contributed by atoms with Crippen molar-refractivity contribution in [2.24, 2.45) is 0 Å². The van der Waals surface area contributed by atoms with E-state index in [2.05, 4.69) is 52.8 Å². The van der Waals surface area contributed by atoms with Crippen LogP contribution in [0, 0.1) is 0 Å². The molecule has 0 saturated carbocycles. The van der Waals surface area contributed by atoms with E-state index >= 15 is 0 Å². The molecule has 3 N–H and O–H groups in total. The molecule has 0 fully saturated rings.